The highest BCUT2D eigenvalue weighted by Gasteiger charge is 2.15. The molecular weight excluding hydrogens is 483 g/mol. The molecule has 0 bridgehead atoms. The molecule has 0 aliphatic carbocycles. The van der Waals surface area contributed by atoms with Crippen molar-refractivity contribution in [3.05, 3.63) is 0 Å². The lowest BCUT2D eigenvalue weighted by molar-refractivity contribution is -0.157. The summed E-state index contributed by atoms with van der Waals surface area (Å²) in [6.45, 7) is 2.72. The molecule has 0 spiro atoms. The Kier molecular flexibility index (Phi) is 29.3. The molecule has 2 atom stereocenters. The zero-order chi connectivity index (χ0) is 27.2. The quantitative estimate of drug-likeness (QED) is 0.0579. The maximum Gasteiger partial charge on any atom is 0.306 e. The maximum atomic E-state index is 12.1. The van der Waals surface area contributed by atoms with E-state index in [0.717, 1.165) is 44.9 Å². The van der Waals surface area contributed by atoms with Gasteiger partial charge in [0.15, 0.2) is 0 Å². The molecule has 0 rings (SSSR count). The van der Waals surface area contributed by atoms with Gasteiger partial charge in [-0.1, -0.05) is 129 Å². The molecule has 0 aromatic carbocycles. The number of carbonyl (C=O) groups is 2. The van der Waals surface area contributed by atoms with E-state index in [4.69, 9.17) is 14.6 Å². The van der Waals surface area contributed by atoms with E-state index >= 15 is 0 Å². The molecule has 0 radical (unpaired) electrons. The predicted molar refractivity (Wildman–Crippen MR) is 159 cm³/mol. The third kappa shape index (κ3) is 28.2. The number of aliphatic hydroxyl groups excluding tert-OH is 1. The number of ether oxygens (including phenoxy) is 2. The van der Waals surface area contributed by atoms with Gasteiger partial charge in [0, 0.05) is 25.6 Å². The van der Waals surface area contributed by atoms with Crippen LogP contribution in [-0.2, 0) is 19.1 Å². The maximum absolute atomic E-state index is 12.1. The predicted octanol–water partition coefficient (Wildman–Crippen LogP) is 8.69. The smallest absolute Gasteiger partial charge is 0.306 e. The second-order valence-corrected chi connectivity index (χ2v) is 11.2. The fraction of sp³-hybridized carbons (Fsp3) is 0.935. The summed E-state index contributed by atoms with van der Waals surface area (Å²) >= 11 is 0. The van der Waals surface area contributed by atoms with Crippen LogP contribution >= 0.6 is 9.24 Å². The monoisotopic (exact) mass is 544 g/mol. The van der Waals surface area contributed by atoms with E-state index in [0.29, 0.717) is 25.6 Å². The van der Waals surface area contributed by atoms with Gasteiger partial charge in [0.05, 0.1) is 0 Å². The van der Waals surface area contributed by atoms with Crippen LogP contribution in [0.3, 0.4) is 0 Å². The Morgan fingerprint density at radius 1 is 0.595 bits per heavy atom. The lowest BCUT2D eigenvalue weighted by Crippen LogP contribution is -2.26. The lowest BCUT2D eigenvalue weighted by atomic mass is 10.0. The van der Waals surface area contributed by atoms with Crippen LogP contribution in [0, 0.1) is 0 Å². The largest absolute Gasteiger partial charge is 0.462 e. The van der Waals surface area contributed by atoms with Gasteiger partial charge in [0.2, 0.25) is 0 Å². The van der Waals surface area contributed by atoms with Crippen LogP contribution in [0.5, 0.6) is 0 Å². The van der Waals surface area contributed by atoms with Crippen molar-refractivity contribution in [3.63, 3.8) is 0 Å². The molecule has 0 aromatic heterocycles. The highest BCUT2D eigenvalue weighted by molar-refractivity contribution is 7.16. The first-order valence-corrected chi connectivity index (χ1v) is 16.6. The van der Waals surface area contributed by atoms with Crippen molar-refractivity contribution in [2.24, 2.45) is 0 Å². The number of hydrogen-bond donors (Lipinski definition) is 1. The number of hydrogen-bond acceptors (Lipinski definition) is 5. The third-order valence-electron chi connectivity index (χ3n) is 7.01. The SMILES string of the molecule is CCCCCCCCCCCCCCCC(=O)OCC(CP)OC(=O)CCCCCCCCCCCO. The minimum absolute atomic E-state index is 0.156. The molecule has 0 saturated heterocycles. The molecule has 0 saturated carbocycles. The first-order chi connectivity index (χ1) is 18.1. The van der Waals surface area contributed by atoms with Gasteiger partial charge in [-0.2, -0.15) is 0 Å². The number of esters is 2. The first-order valence-electron chi connectivity index (χ1n) is 15.8. The fourth-order valence-electron chi connectivity index (χ4n) is 4.56. The molecule has 0 amide bonds. The van der Waals surface area contributed by atoms with Crippen LogP contribution in [0.4, 0.5) is 0 Å². The van der Waals surface area contributed by atoms with E-state index in [1.165, 1.54) is 96.3 Å². The van der Waals surface area contributed by atoms with E-state index in [1.54, 1.807) is 0 Å². The fourth-order valence-corrected chi connectivity index (χ4v) is 4.79. The van der Waals surface area contributed by atoms with Gasteiger partial charge in [-0.15, -0.1) is 9.24 Å². The Bertz CT molecular complexity index is 500. The van der Waals surface area contributed by atoms with E-state index in [1.807, 2.05) is 0 Å². The van der Waals surface area contributed by atoms with Gasteiger partial charge in [0.25, 0.3) is 0 Å². The van der Waals surface area contributed by atoms with Crippen LogP contribution < -0.4 is 0 Å². The molecule has 6 heteroatoms. The molecule has 220 valence electrons. The third-order valence-corrected chi connectivity index (χ3v) is 7.54. The van der Waals surface area contributed by atoms with Gasteiger partial charge >= 0.3 is 11.9 Å². The van der Waals surface area contributed by atoms with Crippen LogP contribution in [-0.4, -0.2) is 42.5 Å². The summed E-state index contributed by atoms with van der Waals surface area (Å²) in [4.78, 5) is 24.1. The van der Waals surface area contributed by atoms with Crippen molar-refractivity contribution in [2.45, 2.75) is 167 Å². The van der Waals surface area contributed by atoms with E-state index in [-0.39, 0.29) is 24.6 Å². The Labute approximate surface area is 231 Å². The van der Waals surface area contributed by atoms with Crippen molar-refractivity contribution in [1.29, 1.82) is 0 Å². The molecule has 0 aliphatic rings. The second-order valence-electron chi connectivity index (χ2n) is 10.7. The van der Waals surface area contributed by atoms with Crippen LogP contribution in [0.1, 0.15) is 161 Å². The number of carbonyl (C=O) groups excluding carboxylic acids is 2. The molecule has 1 N–H and O–H groups in total. The van der Waals surface area contributed by atoms with Gasteiger partial charge in [-0.05, 0) is 19.3 Å². The van der Waals surface area contributed by atoms with Crippen molar-refractivity contribution in [2.75, 3.05) is 19.4 Å². The summed E-state index contributed by atoms with van der Waals surface area (Å²) in [5.74, 6) is -0.372. The molecule has 0 aromatic rings. The summed E-state index contributed by atoms with van der Waals surface area (Å²) in [5, 5.41) is 8.77. The summed E-state index contributed by atoms with van der Waals surface area (Å²) in [7, 11) is 2.58. The molecular formula is C31H61O5P. The molecule has 37 heavy (non-hydrogen) atoms. The highest BCUT2D eigenvalue weighted by atomic mass is 31.0. The topological polar surface area (TPSA) is 72.8 Å². The number of aliphatic hydroxyl groups is 1. The minimum atomic E-state index is -0.369. The van der Waals surface area contributed by atoms with Gasteiger partial charge in [0.1, 0.15) is 12.7 Å². The second kappa shape index (κ2) is 29.9. The Morgan fingerprint density at radius 2 is 0.973 bits per heavy atom. The van der Waals surface area contributed by atoms with Crippen molar-refractivity contribution in [3.8, 4) is 0 Å². The standard InChI is InChI=1S/C31H61O5P/c1-2-3-4-5-6-7-8-9-10-12-15-18-21-24-30(33)35-27-29(28-37)36-31(34)25-22-19-16-13-11-14-17-20-23-26-32/h29,32H,2-28,37H2,1H3. The summed E-state index contributed by atoms with van der Waals surface area (Å²) in [6, 6.07) is 0. The number of unbranched alkanes of at least 4 members (excludes halogenated alkanes) is 20. The summed E-state index contributed by atoms with van der Waals surface area (Å²) in [5.41, 5.74) is 0. The van der Waals surface area contributed by atoms with E-state index < -0.39 is 0 Å². The normalized spacial score (nSPS) is 12.0. The molecule has 2 unspecified atom stereocenters. The zero-order valence-corrected chi connectivity index (χ0v) is 25.5. The van der Waals surface area contributed by atoms with Crippen LogP contribution in [0.2, 0.25) is 0 Å². The average molecular weight is 545 g/mol. The minimum Gasteiger partial charge on any atom is -0.462 e. The summed E-state index contributed by atoms with van der Waals surface area (Å²) < 4.78 is 10.9. The Balaban J connectivity index is 3.55. The van der Waals surface area contributed by atoms with Crippen LogP contribution in [0.25, 0.3) is 0 Å². The number of rotatable bonds is 29. The van der Waals surface area contributed by atoms with E-state index in [9.17, 15) is 9.59 Å². The van der Waals surface area contributed by atoms with Gasteiger partial charge in [-0.25, -0.2) is 0 Å². The van der Waals surface area contributed by atoms with Crippen molar-refractivity contribution in [1.82, 2.24) is 0 Å². The van der Waals surface area contributed by atoms with Crippen LogP contribution in [0.15, 0.2) is 0 Å². The molecule has 0 heterocycles. The molecule has 0 fully saturated rings. The van der Waals surface area contributed by atoms with E-state index in [2.05, 4.69) is 16.2 Å². The highest BCUT2D eigenvalue weighted by Crippen LogP contribution is 2.14. The van der Waals surface area contributed by atoms with Crippen molar-refractivity contribution < 1.29 is 24.2 Å². The van der Waals surface area contributed by atoms with Crippen molar-refractivity contribution >= 4 is 21.2 Å². The molecule has 5 nitrogen and oxygen atoms in total. The molecule has 0 aliphatic heterocycles. The van der Waals surface area contributed by atoms with Gasteiger partial charge < -0.3 is 14.6 Å². The van der Waals surface area contributed by atoms with Gasteiger partial charge in [-0.3, -0.25) is 9.59 Å². The first kappa shape index (κ1) is 36.3. The Hall–Kier alpha value is -0.670. The Morgan fingerprint density at radius 3 is 1.38 bits per heavy atom. The average Bonchev–Trinajstić information content (AvgIpc) is 2.90. The zero-order valence-electron chi connectivity index (χ0n) is 24.3. The lowest BCUT2D eigenvalue weighted by Gasteiger charge is -2.16. The summed E-state index contributed by atoms with van der Waals surface area (Å²) in [6.07, 6.45) is 27.8.